The zero-order valence-electron chi connectivity index (χ0n) is 24.6. The number of benzene rings is 3. The number of hydrogen-bond donors (Lipinski definition) is 4. The summed E-state index contributed by atoms with van der Waals surface area (Å²) in [5.41, 5.74) is 3.64. The summed E-state index contributed by atoms with van der Waals surface area (Å²) in [7, 11) is 0. The molecule has 3 aromatic rings. The number of nitrogens with zero attached hydrogens (tertiary/aromatic N) is 1. The molecule has 0 spiro atoms. The average Bonchev–Trinajstić information content (AvgIpc) is 3.50. The third-order valence-corrected chi connectivity index (χ3v) is 7.06. The monoisotopic (exact) mass is 588 g/mol. The highest BCUT2D eigenvalue weighted by Gasteiger charge is 2.13. The first-order valence-corrected chi connectivity index (χ1v) is 14.7. The van der Waals surface area contributed by atoms with Gasteiger partial charge < -0.3 is 35.4 Å². The molecule has 3 aromatic carbocycles. The molecule has 228 valence electrons. The third kappa shape index (κ3) is 10.6. The molecule has 1 fully saturated rings. The van der Waals surface area contributed by atoms with Gasteiger partial charge in [-0.3, -0.25) is 9.59 Å². The van der Waals surface area contributed by atoms with E-state index < -0.39 is 5.97 Å². The predicted molar refractivity (Wildman–Crippen MR) is 167 cm³/mol. The number of nitrogens with one attached hydrogen (secondary N) is 3. The van der Waals surface area contributed by atoms with E-state index in [1.807, 2.05) is 31.2 Å². The van der Waals surface area contributed by atoms with Crippen molar-refractivity contribution in [1.82, 2.24) is 4.90 Å². The van der Waals surface area contributed by atoms with Crippen molar-refractivity contribution in [3.05, 3.63) is 77.9 Å². The summed E-state index contributed by atoms with van der Waals surface area (Å²) in [4.78, 5) is 38.5. The standard InChI is InChI=1S/C33H40N4O6/c1-24-8-2-3-9-28(24)36-33(41)35-26-13-11-25(12-14-26)22-31(38)34-27-15-16-29(30(23-27)43-20-6-10-32(39)40)42-21-7-19-37-17-4-5-18-37/h2-3,8-9,11-16,23H,4-7,10,17-22H2,1H3,(H,34,38)(H,39,40)(H2,35,36,41). The van der Waals surface area contributed by atoms with Crippen LogP contribution < -0.4 is 25.4 Å². The van der Waals surface area contributed by atoms with Crippen LogP contribution in [-0.4, -0.2) is 60.8 Å². The normalized spacial score (nSPS) is 12.9. The maximum absolute atomic E-state index is 12.8. The van der Waals surface area contributed by atoms with Gasteiger partial charge in [0.15, 0.2) is 11.5 Å². The number of carboxylic acid groups (broad SMARTS) is 1. The van der Waals surface area contributed by atoms with Gasteiger partial charge in [0.05, 0.1) is 19.6 Å². The number of carbonyl (C=O) groups excluding carboxylic acids is 2. The molecule has 0 bridgehead atoms. The number of carboxylic acids is 1. The number of amides is 3. The summed E-state index contributed by atoms with van der Waals surface area (Å²) < 4.78 is 11.9. The van der Waals surface area contributed by atoms with Gasteiger partial charge in [0, 0.05) is 36.1 Å². The van der Waals surface area contributed by atoms with E-state index in [2.05, 4.69) is 20.9 Å². The summed E-state index contributed by atoms with van der Waals surface area (Å²) in [6.07, 6.45) is 3.89. The highest BCUT2D eigenvalue weighted by molar-refractivity contribution is 6.00. The van der Waals surface area contributed by atoms with E-state index in [9.17, 15) is 14.4 Å². The van der Waals surface area contributed by atoms with Crippen LogP contribution in [0.4, 0.5) is 21.9 Å². The molecule has 0 aliphatic carbocycles. The van der Waals surface area contributed by atoms with Gasteiger partial charge in [-0.1, -0.05) is 30.3 Å². The lowest BCUT2D eigenvalue weighted by Gasteiger charge is -2.17. The molecular formula is C33H40N4O6. The average molecular weight is 589 g/mol. The highest BCUT2D eigenvalue weighted by atomic mass is 16.5. The Balaban J connectivity index is 1.29. The summed E-state index contributed by atoms with van der Waals surface area (Å²) in [6, 6.07) is 19.5. The Hall–Kier alpha value is -4.57. The fourth-order valence-corrected chi connectivity index (χ4v) is 4.79. The topological polar surface area (TPSA) is 129 Å². The fraction of sp³-hybridized carbons (Fsp3) is 0.364. The van der Waals surface area contributed by atoms with Crippen LogP contribution in [0.15, 0.2) is 66.7 Å². The Morgan fingerprint density at radius 2 is 1.51 bits per heavy atom. The minimum absolute atomic E-state index is 0.00807. The lowest BCUT2D eigenvalue weighted by molar-refractivity contribution is -0.137. The van der Waals surface area contributed by atoms with Crippen molar-refractivity contribution in [2.45, 2.75) is 45.4 Å². The van der Waals surface area contributed by atoms with Crippen molar-refractivity contribution >= 4 is 35.0 Å². The molecule has 0 aromatic heterocycles. The number of carbonyl (C=O) groups is 3. The summed E-state index contributed by atoms with van der Waals surface area (Å²) in [6.45, 7) is 5.94. The van der Waals surface area contributed by atoms with Crippen LogP contribution in [0, 0.1) is 6.92 Å². The number of para-hydroxylation sites is 1. The van der Waals surface area contributed by atoms with Crippen LogP contribution in [0.2, 0.25) is 0 Å². The van der Waals surface area contributed by atoms with Crippen molar-refractivity contribution in [3.63, 3.8) is 0 Å². The van der Waals surface area contributed by atoms with Gasteiger partial charge in [-0.25, -0.2) is 4.79 Å². The zero-order valence-corrected chi connectivity index (χ0v) is 24.6. The Bertz CT molecular complexity index is 1370. The summed E-state index contributed by atoms with van der Waals surface area (Å²) >= 11 is 0. The van der Waals surface area contributed by atoms with Crippen molar-refractivity contribution in [1.29, 1.82) is 0 Å². The van der Waals surface area contributed by atoms with E-state index >= 15 is 0 Å². The number of urea groups is 1. The quantitative estimate of drug-likeness (QED) is 0.162. The number of aliphatic carboxylic acids is 1. The molecule has 1 aliphatic rings. The molecule has 1 heterocycles. The number of aryl methyl sites for hydroxylation is 1. The fourth-order valence-electron chi connectivity index (χ4n) is 4.79. The smallest absolute Gasteiger partial charge is 0.323 e. The minimum atomic E-state index is -0.877. The number of likely N-dealkylation sites (tertiary alicyclic amines) is 1. The van der Waals surface area contributed by atoms with Gasteiger partial charge in [-0.2, -0.15) is 0 Å². The second-order valence-electron chi connectivity index (χ2n) is 10.6. The molecule has 0 saturated carbocycles. The Kier molecular flexibility index (Phi) is 11.8. The van der Waals surface area contributed by atoms with E-state index in [1.165, 1.54) is 12.8 Å². The molecule has 0 radical (unpaired) electrons. The molecule has 10 nitrogen and oxygen atoms in total. The van der Waals surface area contributed by atoms with Crippen LogP contribution in [-0.2, 0) is 16.0 Å². The second kappa shape index (κ2) is 16.2. The first kappa shape index (κ1) is 31.4. The van der Waals surface area contributed by atoms with E-state index in [-0.39, 0.29) is 31.4 Å². The molecule has 43 heavy (non-hydrogen) atoms. The van der Waals surface area contributed by atoms with E-state index in [0.717, 1.165) is 42.9 Å². The maximum atomic E-state index is 12.8. The van der Waals surface area contributed by atoms with E-state index in [4.69, 9.17) is 14.6 Å². The van der Waals surface area contributed by atoms with Crippen LogP contribution in [0.5, 0.6) is 11.5 Å². The van der Waals surface area contributed by atoms with Crippen molar-refractivity contribution < 1.29 is 29.0 Å². The third-order valence-electron chi connectivity index (χ3n) is 7.06. The largest absolute Gasteiger partial charge is 0.490 e. The summed E-state index contributed by atoms with van der Waals surface area (Å²) in [5, 5.41) is 17.4. The van der Waals surface area contributed by atoms with Gasteiger partial charge in [-0.05, 0) is 87.2 Å². The number of ether oxygens (including phenoxy) is 2. The number of anilines is 3. The zero-order chi connectivity index (χ0) is 30.4. The SMILES string of the molecule is Cc1ccccc1NC(=O)Nc1ccc(CC(=O)Nc2ccc(OCCCN3CCCC3)c(OCCCC(=O)O)c2)cc1. The molecule has 1 aliphatic heterocycles. The molecule has 0 atom stereocenters. The molecule has 1 saturated heterocycles. The van der Waals surface area contributed by atoms with Crippen LogP contribution >= 0.6 is 0 Å². The van der Waals surface area contributed by atoms with E-state index in [1.54, 1.807) is 42.5 Å². The second-order valence-corrected chi connectivity index (χ2v) is 10.6. The lowest BCUT2D eigenvalue weighted by Crippen LogP contribution is -2.22. The molecule has 10 heteroatoms. The maximum Gasteiger partial charge on any atom is 0.323 e. The van der Waals surface area contributed by atoms with Crippen molar-refractivity contribution in [3.8, 4) is 11.5 Å². The highest BCUT2D eigenvalue weighted by Crippen LogP contribution is 2.31. The van der Waals surface area contributed by atoms with Crippen molar-refractivity contribution in [2.75, 3.05) is 48.8 Å². The number of hydrogen-bond acceptors (Lipinski definition) is 6. The Morgan fingerprint density at radius 1 is 0.814 bits per heavy atom. The van der Waals surface area contributed by atoms with E-state index in [0.29, 0.717) is 35.9 Å². The molecule has 4 N–H and O–H groups in total. The van der Waals surface area contributed by atoms with Gasteiger partial charge in [0.1, 0.15) is 0 Å². The first-order valence-electron chi connectivity index (χ1n) is 14.7. The van der Waals surface area contributed by atoms with Gasteiger partial charge in [0.2, 0.25) is 5.91 Å². The summed E-state index contributed by atoms with van der Waals surface area (Å²) in [5.74, 6) is -0.0699. The Morgan fingerprint density at radius 3 is 2.26 bits per heavy atom. The van der Waals surface area contributed by atoms with Crippen LogP contribution in [0.25, 0.3) is 0 Å². The van der Waals surface area contributed by atoms with Crippen LogP contribution in [0.3, 0.4) is 0 Å². The lowest BCUT2D eigenvalue weighted by atomic mass is 10.1. The number of rotatable bonds is 15. The molecule has 4 rings (SSSR count). The minimum Gasteiger partial charge on any atom is -0.490 e. The molecule has 3 amide bonds. The first-order chi connectivity index (χ1) is 20.9. The van der Waals surface area contributed by atoms with Crippen LogP contribution in [0.1, 0.15) is 43.2 Å². The Labute approximate surface area is 252 Å². The van der Waals surface area contributed by atoms with Gasteiger partial charge in [-0.15, -0.1) is 0 Å². The molecular weight excluding hydrogens is 548 g/mol. The predicted octanol–water partition coefficient (Wildman–Crippen LogP) is 5.93. The van der Waals surface area contributed by atoms with Gasteiger partial charge in [0.25, 0.3) is 0 Å². The van der Waals surface area contributed by atoms with Crippen molar-refractivity contribution in [2.24, 2.45) is 0 Å². The molecule has 0 unspecified atom stereocenters. The van der Waals surface area contributed by atoms with Gasteiger partial charge >= 0.3 is 12.0 Å².